The zero-order valence-corrected chi connectivity index (χ0v) is 14.6. The molecule has 0 aromatic heterocycles. The quantitative estimate of drug-likeness (QED) is 0.395. The highest BCUT2D eigenvalue weighted by atomic mass is 35.5. The van der Waals surface area contributed by atoms with E-state index < -0.39 is 12.0 Å². The molecule has 7 nitrogen and oxygen atoms in total. The first kappa shape index (κ1) is 20.1. The molecule has 0 heterocycles. The molecule has 4 N–H and O–H groups in total. The number of rotatable bonds is 7. The van der Waals surface area contributed by atoms with E-state index >= 15 is 0 Å². The summed E-state index contributed by atoms with van der Waals surface area (Å²) in [6.07, 6.45) is 1.51. The van der Waals surface area contributed by atoms with Gasteiger partial charge in [0.2, 0.25) is 0 Å². The van der Waals surface area contributed by atoms with Crippen molar-refractivity contribution >= 4 is 30.3 Å². The topological polar surface area (TPSA) is 106 Å². The maximum Gasteiger partial charge on any atom is 0.330 e. The van der Waals surface area contributed by atoms with Gasteiger partial charge in [-0.05, 0) is 35.4 Å². The van der Waals surface area contributed by atoms with E-state index in [9.17, 15) is 9.90 Å². The van der Waals surface area contributed by atoms with Crippen LogP contribution in [0.15, 0.2) is 47.6 Å². The predicted octanol–water partition coefficient (Wildman–Crippen LogP) is 2.66. The second-order valence-electron chi connectivity index (χ2n) is 4.93. The molecule has 0 saturated heterocycles. The third kappa shape index (κ3) is 5.02. The maximum atomic E-state index is 11.7. The first-order valence-corrected chi connectivity index (χ1v) is 7.13. The Bertz CT molecular complexity index is 735. The second-order valence-corrected chi connectivity index (χ2v) is 4.93. The Morgan fingerprint density at radius 2 is 1.80 bits per heavy atom. The number of hydrogen-bond donors (Lipinski definition) is 3. The van der Waals surface area contributed by atoms with Crippen LogP contribution in [0.25, 0.3) is 0 Å². The molecule has 2 aromatic carbocycles. The van der Waals surface area contributed by atoms with E-state index in [0.717, 1.165) is 5.56 Å². The van der Waals surface area contributed by atoms with E-state index in [1.54, 1.807) is 42.5 Å². The van der Waals surface area contributed by atoms with Crippen LogP contribution >= 0.6 is 12.4 Å². The highest BCUT2D eigenvalue weighted by molar-refractivity contribution is 5.85. The molecule has 0 spiro atoms. The van der Waals surface area contributed by atoms with Crippen LogP contribution in [-0.2, 0) is 4.79 Å². The predicted molar refractivity (Wildman–Crippen MR) is 99.0 cm³/mol. The Morgan fingerprint density at radius 1 is 1.16 bits per heavy atom. The number of halogens is 1. The fourth-order valence-corrected chi connectivity index (χ4v) is 2.24. The smallest absolute Gasteiger partial charge is 0.330 e. The average Bonchev–Trinajstić information content (AvgIpc) is 2.60. The lowest BCUT2D eigenvalue weighted by atomic mass is 10.1. The molecule has 0 fully saturated rings. The molecule has 2 aromatic rings. The van der Waals surface area contributed by atoms with Crippen LogP contribution in [0.3, 0.4) is 0 Å². The number of anilines is 1. The third-order valence-electron chi connectivity index (χ3n) is 3.43. The summed E-state index contributed by atoms with van der Waals surface area (Å²) in [7, 11) is 3.03. The molecular weight excluding hydrogens is 346 g/mol. The largest absolute Gasteiger partial charge is 0.493 e. The van der Waals surface area contributed by atoms with Crippen molar-refractivity contribution in [1.82, 2.24) is 0 Å². The Hall–Kier alpha value is -2.93. The number of benzene rings is 2. The molecule has 25 heavy (non-hydrogen) atoms. The lowest BCUT2D eigenvalue weighted by Crippen LogP contribution is -2.20. The van der Waals surface area contributed by atoms with Gasteiger partial charge in [-0.25, -0.2) is 4.79 Å². The number of methoxy groups -OCH3 is 2. The van der Waals surface area contributed by atoms with Crippen LogP contribution in [-0.4, -0.2) is 31.5 Å². The van der Waals surface area contributed by atoms with Crippen LogP contribution in [0.2, 0.25) is 0 Å². The molecule has 0 aliphatic heterocycles. The van der Waals surface area contributed by atoms with Crippen molar-refractivity contribution in [2.75, 3.05) is 19.5 Å². The number of ether oxygens (including phenoxy) is 2. The summed E-state index contributed by atoms with van der Waals surface area (Å²) in [4.78, 5) is 11.7. The summed E-state index contributed by atoms with van der Waals surface area (Å²) in [5, 5.41) is 16.0. The minimum atomic E-state index is -1.00. The summed E-state index contributed by atoms with van der Waals surface area (Å²) in [5.41, 5.74) is 2.03. The molecule has 0 amide bonds. The third-order valence-corrected chi connectivity index (χ3v) is 3.43. The van der Waals surface area contributed by atoms with Crippen LogP contribution < -0.4 is 20.6 Å². The van der Waals surface area contributed by atoms with Crippen LogP contribution in [0, 0.1) is 0 Å². The molecule has 1 atom stereocenters. The van der Waals surface area contributed by atoms with E-state index in [1.165, 1.54) is 20.4 Å². The van der Waals surface area contributed by atoms with Gasteiger partial charge in [-0.15, -0.1) is 12.4 Å². The van der Waals surface area contributed by atoms with E-state index in [1.807, 2.05) is 0 Å². The van der Waals surface area contributed by atoms with Gasteiger partial charge in [0.05, 0.1) is 20.4 Å². The van der Waals surface area contributed by atoms with Gasteiger partial charge in [0.25, 0.3) is 0 Å². The molecule has 134 valence electrons. The molecule has 0 bridgehead atoms. The number of hydrazone groups is 1. The van der Waals surface area contributed by atoms with E-state index in [0.29, 0.717) is 22.7 Å². The Labute approximate surface area is 151 Å². The number of aliphatic carboxylic acids is 1. The molecular formula is C17H20ClN3O4. The average molecular weight is 366 g/mol. The number of nitrogens with two attached hydrogens (primary N) is 1. The minimum Gasteiger partial charge on any atom is -0.493 e. The van der Waals surface area contributed by atoms with Gasteiger partial charge in [0.15, 0.2) is 17.5 Å². The van der Waals surface area contributed by atoms with Crippen LogP contribution in [0.1, 0.15) is 17.2 Å². The van der Waals surface area contributed by atoms with Crippen LogP contribution in [0.4, 0.5) is 5.69 Å². The van der Waals surface area contributed by atoms with Crippen molar-refractivity contribution in [3.8, 4) is 11.5 Å². The van der Waals surface area contributed by atoms with Gasteiger partial charge in [-0.3, -0.25) is 0 Å². The first-order valence-electron chi connectivity index (χ1n) is 7.13. The van der Waals surface area contributed by atoms with Crippen molar-refractivity contribution < 1.29 is 19.4 Å². The molecule has 8 heteroatoms. The van der Waals surface area contributed by atoms with Gasteiger partial charge in [-0.2, -0.15) is 5.10 Å². The molecule has 0 saturated carbocycles. The molecule has 0 aliphatic carbocycles. The maximum absolute atomic E-state index is 11.7. The first-order chi connectivity index (χ1) is 11.6. The summed E-state index contributed by atoms with van der Waals surface area (Å²) < 4.78 is 10.4. The Kier molecular flexibility index (Phi) is 7.55. The fraction of sp³-hybridized carbons (Fsp3) is 0.176. The number of hydrogen-bond acceptors (Lipinski definition) is 6. The van der Waals surface area contributed by atoms with Gasteiger partial charge in [-0.1, -0.05) is 18.2 Å². The van der Waals surface area contributed by atoms with Gasteiger partial charge < -0.3 is 25.7 Å². The zero-order valence-electron chi connectivity index (χ0n) is 13.8. The summed E-state index contributed by atoms with van der Waals surface area (Å²) >= 11 is 0. The fourth-order valence-electron chi connectivity index (χ4n) is 2.24. The number of carbonyl (C=O) groups is 1. The lowest BCUT2D eigenvalue weighted by Gasteiger charge is -2.18. The molecule has 1 unspecified atom stereocenters. The van der Waals surface area contributed by atoms with E-state index in [-0.39, 0.29) is 12.4 Å². The van der Waals surface area contributed by atoms with Gasteiger partial charge >= 0.3 is 5.97 Å². The zero-order chi connectivity index (χ0) is 17.5. The number of nitrogens with zero attached hydrogens (tertiary/aromatic N) is 1. The van der Waals surface area contributed by atoms with Crippen molar-refractivity contribution in [3.05, 3.63) is 53.6 Å². The standard InChI is InChI=1S/C17H19N3O4.ClH/c1-23-14-8-5-12(9-15(14)24-2)16(17(21)22)20-13-6-3-11(4-7-13)10-19-18;/h3-10,16,20H,18H2,1-2H3,(H,21,22);1H. The number of carboxylic acid groups (broad SMARTS) is 1. The molecule has 0 aliphatic rings. The number of nitrogens with one attached hydrogen (secondary N) is 1. The van der Waals surface area contributed by atoms with Crippen molar-refractivity contribution in [2.24, 2.45) is 10.9 Å². The van der Waals surface area contributed by atoms with Gasteiger partial charge in [0, 0.05) is 5.69 Å². The summed E-state index contributed by atoms with van der Waals surface area (Å²) in [6.45, 7) is 0. The molecule has 0 radical (unpaired) electrons. The minimum absolute atomic E-state index is 0. The van der Waals surface area contributed by atoms with Gasteiger partial charge in [0.1, 0.15) is 0 Å². The second kappa shape index (κ2) is 9.39. The SMILES string of the molecule is COc1ccc(C(Nc2ccc(C=NN)cc2)C(=O)O)cc1OC.Cl. The monoisotopic (exact) mass is 365 g/mol. The normalized spacial score (nSPS) is 11.4. The van der Waals surface area contributed by atoms with Crippen molar-refractivity contribution in [3.63, 3.8) is 0 Å². The highest BCUT2D eigenvalue weighted by Crippen LogP contribution is 2.31. The van der Waals surface area contributed by atoms with E-state index in [4.69, 9.17) is 15.3 Å². The Morgan fingerprint density at radius 3 is 2.32 bits per heavy atom. The lowest BCUT2D eigenvalue weighted by molar-refractivity contribution is -0.138. The van der Waals surface area contributed by atoms with E-state index in [2.05, 4.69) is 10.4 Å². The Balaban J connectivity index is 0.00000312. The highest BCUT2D eigenvalue weighted by Gasteiger charge is 2.21. The molecule has 2 rings (SSSR count). The summed E-state index contributed by atoms with van der Waals surface area (Å²) in [6, 6.07) is 11.1. The van der Waals surface area contributed by atoms with Crippen LogP contribution in [0.5, 0.6) is 11.5 Å². The summed E-state index contributed by atoms with van der Waals surface area (Å²) in [5.74, 6) is 5.10. The van der Waals surface area contributed by atoms with Crippen molar-refractivity contribution in [1.29, 1.82) is 0 Å². The van der Waals surface area contributed by atoms with Crippen molar-refractivity contribution in [2.45, 2.75) is 6.04 Å². The number of carboxylic acids is 1.